The molecule has 0 radical (unpaired) electrons. The van der Waals surface area contributed by atoms with Crippen molar-refractivity contribution >= 4 is 17.4 Å². The van der Waals surface area contributed by atoms with Crippen LogP contribution in [0.25, 0.3) is 0 Å². The first kappa shape index (κ1) is 14.2. The van der Waals surface area contributed by atoms with Gasteiger partial charge in [-0.2, -0.15) is 0 Å². The Labute approximate surface area is 109 Å². The largest absolute Gasteiger partial charge is 0.302 e. The van der Waals surface area contributed by atoms with E-state index in [1.165, 1.54) is 5.56 Å². The van der Waals surface area contributed by atoms with Gasteiger partial charge in [0.25, 0.3) is 0 Å². The molecular weight excluding hydrogens is 234 g/mol. The Kier molecular flexibility index (Phi) is 6.23. The molecular formula is C14H20ClNO. The van der Waals surface area contributed by atoms with E-state index in [2.05, 4.69) is 24.1 Å². The summed E-state index contributed by atoms with van der Waals surface area (Å²) >= 11 is 5.83. The molecule has 1 rings (SSSR count). The molecule has 0 bridgehead atoms. The molecule has 2 nitrogen and oxygen atoms in total. The van der Waals surface area contributed by atoms with Gasteiger partial charge in [0.1, 0.15) is 5.78 Å². The standard InChI is InChI=1S/C14H20ClNO/c1-12(17)5-3-4-10-16(2)11-13-6-8-14(15)9-7-13/h6-9H,3-5,10-11H2,1-2H3. The molecule has 17 heavy (non-hydrogen) atoms. The van der Waals surface area contributed by atoms with Crippen molar-refractivity contribution in [2.45, 2.75) is 32.7 Å². The Bertz CT molecular complexity index is 348. The summed E-state index contributed by atoms with van der Waals surface area (Å²) in [4.78, 5) is 13.1. The number of carbonyl (C=O) groups excluding carboxylic acids is 1. The molecule has 0 heterocycles. The van der Waals surface area contributed by atoms with E-state index in [0.29, 0.717) is 6.42 Å². The third kappa shape index (κ3) is 6.44. The predicted molar refractivity (Wildman–Crippen MR) is 72.3 cm³/mol. The van der Waals surface area contributed by atoms with Crippen LogP contribution >= 0.6 is 11.6 Å². The van der Waals surface area contributed by atoms with Crippen LogP contribution in [0.3, 0.4) is 0 Å². The van der Waals surface area contributed by atoms with Gasteiger partial charge in [0, 0.05) is 18.0 Å². The van der Waals surface area contributed by atoms with Gasteiger partial charge in [-0.15, -0.1) is 0 Å². The van der Waals surface area contributed by atoms with Crippen LogP contribution in [0.15, 0.2) is 24.3 Å². The first-order valence-corrected chi connectivity index (χ1v) is 6.38. The molecule has 0 atom stereocenters. The quantitative estimate of drug-likeness (QED) is 0.693. The van der Waals surface area contributed by atoms with Crippen LogP contribution in [-0.4, -0.2) is 24.3 Å². The van der Waals surface area contributed by atoms with E-state index in [-0.39, 0.29) is 5.78 Å². The fourth-order valence-corrected chi connectivity index (χ4v) is 1.86. The zero-order valence-corrected chi connectivity index (χ0v) is 11.3. The zero-order valence-electron chi connectivity index (χ0n) is 10.6. The van der Waals surface area contributed by atoms with Crippen molar-refractivity contribution in [3.63, 3.8) is 0 Å². The number of ketones is 1. The molecule has 0 amide bonds. The first-order valence-electron chi connectivity index (χ1n) is 6.00. The highest BCUT2D eigenvalue weighted by molar-refractivity contribution is 6.30. The maximum Gasteiger partial charge on any atom is 0.129 e. The van der Waals surface area contributed by atoms with Gasteiger partial charge in [-0.25, -0.2) is 0 Å². The Balaban J connectivity index is 2.22. The fraction of sp³-hybridized carbons (Fsp3) is 0.500. The van der Waals surface area contributed by atoms with Gasteiger partial charge in [-0.1, -0.05) is 23.7 Å². The minimum absolute atomic E-state index is 0.283. The Morgan fingerprint density at radius 1 is 1.24 bits per heavy atom. The molecule has 1 aromatic carbocycles. The first-order chi connectivity index (χ1) is 8.08. The molecule has 0 aliphatic rings. The summed E-state index contributed by atoms with van der Waals surface area (Å²) in [5.41, 5.74) is 1.27. The highest BCUT2D eigenvalue weighted by Crippen LogP contribution is 2.11. The number of carbonyl (C=O) groups is 1. The lowest BCUT2D eigenvalue weighted by Gasteiger charge is -2.16. The van der Waals surface area contributed by atoms with Crippen molar-refractivity contribution in [1.82, 2.24) is 4.90 Å². The van der Waals surface area contributed by atoms with Crippen molar-refractivity contribution in [3.05, 3.63) is 34.9 Å². The number of benzene rings is 1. The molecule has 0 fully saturated rings. The Morgan fingerprint density at radius 2 is 1.88 bits per heavy atom. The number of hydrogen-bond donors (Lipinski definition) is 0. The maximum absolute atomic E-state index is 10.8. The number of rotatable bonds is 7. The van der Waals surface area contributed by atoms with E-state index in [1.807, 2.05) is 12.1 Å². The summed E-state index contributed by atoms with van der Waals surface area (Å²) in [7, 11) is 2.10. The van der Waals surface area contributed by atoms with Crippen molar-refractivity contribution in [2.24, 2.45) is 0 Å². The second-order valence-corrected chi connectivity index (χ2v) is 4.96. The molecule has 0 aromatic heterocycles. The summed E-state index contributed by atoms with van der Waals surface area (Å²) < 4.78 is 0. The second-order valence-electron chi connectivity index (χ2n) is 4.52. The van der Waals surface area contributed by atoms with Gasteiger partial charge in [-0.3, -0.25) is 0 Å². The summed E-state index contributed by atoms with van der Waals surface area (Å²) in [6.45, 7) is 3.60. The van der Waals surface area contributed by atoms with Crippen molar-refractivity contribution in [2.75, 3.05) is 13.6 Å². The third-order valence-corrected chi connectivity index (χ3v) is 2.94. The molecule has 0 aliphatic heterocycles. The van der Waals surface area contributed by atoms with Crippen LogP contribution < -0.4 is 0 Å². The summed E-state index contributed by atoms with van der Waals surface area (Å²) in [5.74, 6) is 0.283. The second kappa shape index (κ2) is 7.46. The summed E-state index contributed by atoms with van der Waals surface area (Å²) in [6, 6.07) is 7.93. The minimum Gasteiger partial charge on any atom is -0.302 e. The molecule has 0 unspecified atom stereocenters. The van der Waals surface area contributed by atoms with E-state index in [1.54, 1.807) is 6.92 Å². The number of Topliss-reactive ketones (excluding diaryl/α,β-unsaturated/α-hetero) is 1. The van der Waals surface area contributed by atoms with Gasteiger partial charge in [0.2, 0.25) is 0 Å². The highest BCUT2D eigenvalue weighted by atomic mass is 35.5. The lowest BCUT2D eigenvalue weighted by molar-refractivity contribution is -0.117. The topological polar surface area (TPSA) is 20.3 Å². The van der Waals surface area contributed by atoms with Crippen molar-refractivity contribution in [1.29, 1.82) is 0 Å². The molecule has 0 saturated heterocycles. The predicted octanol–water partition coefficient (Wildman–Crippen LogP) is 3.53. The number of halogens is 1. The van der Waals surface area contributed by atoms with Gasteiger partial charge in [0.15, 0.2) is 0 Å². The van der Waals surface area contributed by atoms with Crippen LogP contribution in [0.1, 0.15) is 31.7 Å². The summed E-state index contributed by atoms with van der Waals surface area (Å²) in [6.07, 6.45) is 2.76. The van der Waals surface area contributed by atoms with E-state index in [9.17, 15) is 4.79 Å². The van der Waals surface area contributed by atoms with Crippen LogP contribution in [-0.2, 0) is 11.3 Å². The Hall–Kier alpha value is -0.860. The van der Waals surface area contributed by atoms with E-state index in [4.69, 9.17) is 11.6 Å². The minimum atomic E-state index is 0.283. The molecule has 3 heteroatoms. The summed E-state index contributed by atoms with van der Waals surface area (Å²) in [5, 5.41) is 0.776. The number of nitrogens with zero attached hydrogens (tertiary/aromatic N) is 1. The third-order valence-electron chi connectivity index (χ3n) is 2.68. The van der Waals surface area contributed by atoms with E-state index in [0.717, 1.165) is 31.0 Å². The zero-order chi connectivity index (χ0) is 12.7. The monoisotopic (exact) mass is 253 g/mol. The smallest absolute Gasteiger partial charge is 0.129 e. The van der Waals surface area contributed by atoms with Gasteiger partial charge < -0.3 is 9.69 Å². The maximum atomic E-state index is 10.8. The molecule has 0 saturated carbocycles. The number of unbranched alkanes of at least 4 members (excludes halogenated alkanes) is 1. The van der Waals surface area contributed by atoms with Crippen molar-refractivity contribution in [3.8, 4) is 0 Å². The van der Waals surface area contributed by atoms with Crippen molar-refractivity contribution < 1.29 is 4.79 Å². The van der Waals surface area contributed by atoms with Gasteiger partial charge in [0.05, 0.1) is 0 Å². The van der Waals surface area contributed by atoms with E-state index < -0.39 is 0 Å². The molecule has 1 aromatic rings. The number of hydrogen-bond acceptors (Lipinski definition) is 2. The average Bonchev–Trinajstić information content (AvgIpc) is 2.27. The molecule has 0 spiro atoms. The normalized spacial score (nSPS) is 10.8. The lowest BCUT2D eigenvalue weighted by Crippen LogP contribution is -2.19. The average molecular weight is 254 g/mol. The fourth-order valence-electron chi connectivity index (χ4n) is 1.74. The molecule has 0 aliphatic carbocycles. The molecule has 94 valence electrons. The van der Waals surface area contributed by atoms with E-state index >= 15 is 0 Å². The van der Waals surface area contributed by atoms with Crippen LogP contribution in [0, 0.1) is 0 Å². The van der Waals surface area contributed by atoms with Crippen LogP contribution in [0.5, 0.6) is 0 Å². The van der Waals surface area contributed by atoms with Crippen LogP contribution in [0.2, 0.25) is 5.02 Å². The van der Waals surface area contributed by atoms with Gasteiger partial charge in [-0.05, 0) is 51.1 Å². The van der Waals surface area contributed by atoms with Crippen LogP contribution in [0.4, 0.5) is 0 Å². The SMILES string of the molecule is CC(=O)CCCCN(C)Cc1ccc(Cl)cc1. The molecule has 0 N–H and O–H groups in total. The Morgan fingerprint density at radius 3 is 2.47 bits per heavy atom. The highest BCUT2D eigenvalue weighted by Gasteiger charge is 2.01. The van der Waals surface area contributed by atoms with Gasteiger partial charge >= 0.3 is 0 Å². The lowest BCUT2D eigenvalue weighted by atomic mass is 10.1.